The molecule has 8 nitrogen and oxygen atoms in total. The second kappa shape index (κ2) is 11.3. The number of carbonyl (C=O) groups is 2. The molecule has 0 saturated carbocycles. The van der Waals surface area contributed by atoms with Gasteiger partial charge in [0.2, 0.25) is 0 Å². The molecule has 2 fully saturated rings. The molecule has 38 heavy (non-hydrogen) atoms. The summed E-state index contributed by atoms with van der Waals surface area (Å²) in [5.41, 5.74) is 1.42. The number of anilines is 1. The number of nitrogens with zero attached hydrogens (tertiary/aromatic N) is 3. The van der Waals surface area contributed by atoms with E-state index in [9.17, 15) is 9.59 Å². The van der Waals surface area contributed by atoms with Gasteiger partial charge < -0.3 is 14.6 Å². The van der Waals surface area contributed by atoms with Gasteiger partial charge in [0.1, 0.15) is 11.4 Å². The molecule has 1 amide bonds. The number of hydrogen-bond donors (Lipinski definition) is 1. The summed E-state index contributed by atoms with van der Waals surface area (Å²) in [5, 5.41) is 10.3. The third-order valence-electron chi connectivity index (χ3n) is 7.06. The summed E-state index contributed by atoms with van der Waals surface area (Å²) >= 11 is 1.79. The van der Waals surface area contributed by atoms with E-state index in [2.05, 4.69) is 31.7 Å². The Kier molecular flexibility index (Phi) is 8.28. The molecule has 0 atom stereocenters. The number of amides is 1. The van der Waals surface area contributed by atoms with Crippen molar-refractivity contribution in [1.82, 2.24) is 9.88 Å². The lowest BCUT2D eigenvalue weighted by Gasteiger charge is -2.37. The Bertz CT molecular complexity index is 1220. The lowest BCUT2D eigenvalue weighted by atomic mass is 9.91. The minimum atomic E-state index is -0.989. The van der Waals surface area contributed by atoms with E-state index in [-0.39, 0.29) is 17.1 Å². The van der Waals surface area contributed by atoms with Gasteiger partial charge in [0.05, 0.1) is 29.9 Å². The first-order valence-electron chi connectivity index (χ1n) is 13.0. The van der Waals surface area contributed by atoms with Crippen LogP contribution in [0.25, 0.3) is 0 Å². The van der Waals surface area contributed by atoms with Gasteiger partial charge in [-0.3, -0.25) is 9.80 Å². The Balaban J connectivity index is 1.41. The van der Waals surface area contributed by atoms with E-state index < -0.39 is 11.6 Å². The van der Waals surface area contributed by atoms with Crippen molar-refractivity contribution in [2.75, 3.05) is 31.6 Å². The second-order valence-corrected chi connectivity index (χ2v) is 12.0. The van der Waals surface area contributed by atoms with Crippen LogP contribution in [0.3, 0.4) is 0 Å². The van der Waals surface area contributed by atoms with Gasteiger partial charge in [-0.05, 0) is 43.3 Å². The van der Waals surface area contributed by atoms with Gasteiger partial charge in [-0.2, -0.15) is 0 Å². The van der Waals surface area contributed by atoms with Gasteiger partial charge in [0.15, 0.2) is 0 Å². The summed E-state index contributed by atoms with van der Waals surface area (Å²) in [6.07, 6.45) is 7.90. The molecule has 2 aliphatic rings. The first-order valence-corrected chi connectivity index (χ1v) is 13.8. The lowest BCUT2D eigenvalue weighted by Crippen LogP contribution is -2.46. The molecule has 0 radical (unpaired) electrons. The number of benzene rings is 1. The molecule has 1 N–H and O–H groups in total. The average Bonchev–Trinajstić information content (AvgIpc) is 3.44. The minimum Gasteiger partial charge on any atom is -0.497 e. The Labute approximate surface area is 228 Å². The third kappa shape index (κ3) is 6.27. The Hall–Kier alpha value is -3.17. The molecule has 9 heteroatoms. The monoisotopic (exact) mass is 539 g/mol. The highest BCUT2D eigenvalue weighted by atomic mass is 32.1. The van der Waals surface area contributed by atoms with E-state index in [1.807, 2.05) is 19.1 Å². The highest BCUT2D eigenvalue weighted by Crippen LogP contribution is 2.37. The van der Waals surface area contributed by atoms with Crippen LogP contribution in [0.5, 0.6) is 0 Å². The molecule has 1 aromatic carbocycles. The Morgan fingerprint density at radius 3 is 2.50 bits per heavy atom. The zero-order chi connectivity index (χ0) is 27.5. The van der Waals surface area contributed by atoms with Crippen molar-refractivity contribution >= 4 is 29.1 Å². The number of methoxy groups -OCH3 is 1. The van der Waals surface area contributed by atoms with E-state index in [1.54, 1.807) is 35.5 Å². The molecular weight excluding hydrogens is 502 g/mol. The maximum absolute atomic E-state index is 12.7. The highest BCUT2D eigenvalue weighted by Gasteiger charge is 2.47. The molecular formula is C29H37N3O5S. The number of aromatic carboxylic acids is 1. The van der Waals surface area contributed by atoms with Crippen LogP contribution in [0.2, 0.25) is 0 Å². The average molecular weight is 540 g/mol. The van der Waals surface area contributed by atoms with Gasteiger partial charge in [0, 0.05) is 54.9 Å². The van der Waals surface area contributed by atoms with Gasteiger partial charge in [-0.15, -0.1) is 11.3 Å². The number of hydrogen-bond acceptors (Lipinski definition) is 7. The highest BCUT2D eigenvalue weighted by molar-refractivity contribution is 7.11. The van der Waals surface area contributed by atoms with E-state index in [0.717, 1.165) is 55.4 Å². The van der Waals surface area contributed by atoms with Crippen molar-refractivity contribution < 1.29 is 24.2 Å². The van der Waals surface area contributed by atoms with Gasteiger partial charge in [0.25, 0.3) is 0 Å². The summed E-state index contributed by atoms with van der Waals surface area (Å²) < 4.78 is 11.2. The number of carboxylic acids is 1. The molecule has 1 spiro atoms. The number of allylic oxidation sites excluding steroid dienone is 3. The first-order chi connectivity index (χ1) is 18.0. The first kappa shape index (κ1) is 27.9. The van der Waals surface area contributed by atoms with E-state index in [0.29, 0.717) is 12.2 Å². The van der Waals surface area contributed by atoms with Crippen LogP contribution in [0.1, 0.15) is 66.5 Å². The summed E-state index contributed by atoms with van der Waals surface area (Å²) in [6.45, 7) is 11.5. The summed E-state index contributed by atoms with van der Waals surface area (Å²) in [7, 11) is 1.67. The van der Waals surface area contributed by atoms with Crippen LogP contribution >= 0.6 is 11.3 Å². The van der Waals surface area contributed by atoms with Crippen molar-refractivity contribution in [2.24, 2.45) is 0 Å². The molecule has 3 heterocycles. The van der Waals surface area contributed by atoms with Gasteiger partial charge in [-0.1, -0.05) is 26.8 Å². The Morgan fingerprint density at radius 1 is 1.24 bits per heavy atom. The van der Waals surface area contributed by atoms with Crippen LogP contribution in [-0.2, 0) is 27.9 Å². The maximum atomic E-state index is 12.7. The third-order valence-corrected chi connectivity index (χ3v) is 8.57. The Morgan fingerprint density at radius 2 is 1.92 bits per heavy atom. The van der Waals surface area contributed by atoms with Gasteiger partial charge in [-0.25, -0.2) is 14.6 Å². The molecule has 0 aliphatic carbocycles. The predicted octanol–water partition coefficient (Wildman–Crippen LogP) is 5.78. The van der Waals surface area contributed by atoms with Crippen molar-refractivity contribution in [3.63, 3.8) is 0 Å². The molecule has 204 valence electrons. The van der Waals surface area contributed by atoms with Crippen LogP contribution in [0.4, 0.5) is 10.5 Å². The summed E-state index contributed by atoms with van der Waals surface area (Å²) in [4.78, 5) is 34.2. The minimum absolute atomic E-state index is 0.0154. The number of ether oxygens (including phenoxy) is 2. The van der Waals surface area contributed by atoms with Crippen molar-refractivity contribution in [2.45, 2.75) is 64.5 Å². The number of piperidine rings is 1. The summed E-state index contributed by atoms with van der Waals surface area (Å²) in [5.74, 6) is -0.159. The number of carbonyl (C=O) groups excluding carboxylic acids is 1. The number of rotatable bonds is 8. The predicted molar refractivity (Wildman–Crippen MR) is 149 cm³/mol. The number of likely N-dealkylation sites (tertiary alicyclic amines) is 1. The van der Waals surface area contributed by atoms with Crippen LogP contribution in [0.15, 0.2) is 48.3 Å². The standard InChI is InChI=1S/C29H37N3O5S/c1-6-22(36-5)8-7-9-23-24(38-26(30-23)28(2,3)4)18-31-16-14-29(15-17-31)19-32(27(35)37-29)21-12-10-20(11-13-21)25(33)34/h6-8,10-13H,9,14-19H2,1-5H3,(H,33,34)/b8-7-,22-6+. The van der Waals surface area contributed by atoms with Crippen LogP contribution in [-0.4, -0.2) is 59.4 Å². The zero-order valence-electron chi connectivity index (χ0n) is 22.8. The number of aromatic nitrogens is 1. The largest absolute Gasteiger partial charge is 0.497 e. The van der Waals surface area contributed by atoms with E-state index >= 15 is 0 Å². The topological polar surface area (TPSA) is 92.2 Å². The molecule has 2 saturated heterocycles. The smallest absolute Gasteiger partial charge is 0.415 e. The van der Waals surface area contributed by atoms with Crippen molar-refractivity contribution in [3.05, 3.63) is 69.4 Å². The normalized spacial score (nSPS) is 18.4. The second-order valence-electron chi connectivity index (χ2n) is 10.9. The van der Waals surface area contributed by atoms with Crippen LogP contribution in [0, 0.1) is 0 Å². The number of thiazole rings is 1. The van der Waals surface area contributed by atoms with Gasteiger partial charge >= 0.3 is 12.1 Å². The van der Waals surface area contributed by atoms with E-state index in [4.69, 9.17) is 19.6 Å². The van der Waals surface area contributed by atoms with Crippen molar-refractivity contribution in [3.8, 4) is 0 Å². The van der Waals surface area contributed by atoms with E-state index in [1.165, 1.54) is 17.0 Å². The zero-order valence-corrected chi connectivity index (χ0v) is 23.6. The molecule has 2 aliphatic heterocycles. The summed E-state index contributed by atoms with van der Waals surface area (Å²) in [6, 6.07) is 6.36. The maximum Gasteiger partial charge on any atom is 0.415 e. The SMILES string of the molecule is C/C=C(\C=C/Cc1nc(C(C)(C)C)sc1CN1CCC2(CC1)CN(c1ccc(C(=O)O)cc1)C(=O)O2)OC. The number of carboxylic acid groups (broad SMARTS) is 1. The van der Waals surface area contributed by atoms with Crippen molar-refractivity contribution in [1.29, 1.82) is 0 Å². The fraction of sp³-hybridized carbons (Fsp3) is 0.483. The quantitative estimate of drug-likeness (QED) is 0.336. The molecule has 2 aromatic rings. The molecule has 0 bridgehead atoms. The molecule has 4 rings (SSSR count). The lowest BCUT2D eigenvalue weighted by molar-refractivity contribution is -0.000805. The fourth-order valence-corrected chi connectivity index (χ4v) is 5.93. The fourth-order valence-electron chi connectivity index (χ4n) is 4.74. The molecule has 0 unspecified atom stereocenters. The molecule has 1 aromatic heterocycles. The van der Waals surface area contributed by atoms with Crippen LogP contribution < -0.4 is 4.90 Å².